The van der Waals surface area contributed by atoms with Crippen molar-refractivity contribution in [3.05, 3.63) is 23.8 Å². The molecule has 1 aromatic carbocycles. The van der Waals surface area contributed by atoms with Crippen molar-refractivity contribution in [2.24, 2.45) is 11.8 Å². The smallest absolute Gasteiger partial charge is 0.303 e. The van der Waals surface area contributed by atoms with Gasteiger partial charge in [-0.2, -0.15) is 0 Å². The Bertz CT molecular complexity index is 1050. The Balaban J connectivity index is 2.21. The molecule has 0 bridgehead atoms. The largest absolute Gasteiger partial charge is 0.459 e. The Hall–Kier alpha value is -3.46. The van der Waals surface area contributed by atoms with Crippen LogP contribution < -0.4 is 10.1 Å². The average Bonchev–Trinajstić information content (AvgIpc) is 2.86. The number of hydrogen-bond donors (Lipinski definition) is 2. The number of rotatable bonds is 12. The summed E-state index contributed by atoms with van der Waals surface area (Å²) in [6.45, 7) is 6.04. The number of likely N-dealkylation sites (N-methyl/N-ethyl adjacent to an activating group) is 1. The van der Waals surface area contributed by atoms with E-state index in [-0.39, 0.29) is 67.7 Å². The number of nitrogens with one attached hydrogen (secondary N) is 1. The lowest BCUT2D eigenvalue weighted by Crippen LogP contribution is -2.55. The lowest BCUT2D eigenvalue weighted by molar-refractivity contribution is -0.241. The molecule has 0 saturated carbocycles. The molecule has 0 aliphatic carbocycles. The summed E-state index contributed by atoms with van der Waals surface area (Å²) in [4.78, 5) is 50.3. The summed E-state index contributed by atoms with van der Waals surface area (Å²) in [5.41, 5.74) is 0.697. The average molecular weight is 533 g/mol. The van der Waals surface area contributed by atoms with Crippen molar-refractivity contribution in [1.29, 1.82) is 0 Å². The van der Waals surface area contributed by atoms with Crippen molar-refractivity contribution in [3.8, 4) is 18.1 Å². The molecule has 1 aliphatic heterocycles. The van der Waals surface area contributed by atoms with Crippen LogP contribution in [0.3, 0.4) is 0 Å². The van der Waals surface area contributed by atoms with E-state index >= 15 is 0 Å². The van der Waals surface area contributed by atoms with Crippen LogP contribution in [0.4, 0.5) is 5.69 Å². The van der Waals surface area contributed by atoms with E-state index in [2.05, 4.69) is 11.2 Å². The van der Waals surface area contributed by atoms with Crippen LogP contribution in [-0.4, -0.2) is 78.9 Å². The van der Waals surface area contributed by atoms with Gasteiger partial charge in [-0.1, -0.05) is 25.8 Å². The summed E-state index contributed by atoms with van der Waals surface area (Å²) >= 11 is 0. The summed E-state index contributed by atoms with van der Waals surface area (Å²) < 4.78 is 22.6. The van der Waals surface area contributed by atoms with E-state index < -0.39 is 30.4 Å². The molecule has 0 spiro atoms. The first-order chi connectivity index (χ1) is 18.0. The Morgan fingerprint density at radius 2 is 1.89 bits per heavy atom. The normalized spacial score (nSPS) is 22.6. The summed E-state index contributed by atoms with van der Waals surface area (Å²) in [6.07, 6.45) is 2.43. The topological polar surface area (TPSA) is 141 Å². The van der Waals surface area contributed by atoms with Gasteiger partial charge in [0, 0.05) is 19.9 Å². The van der Waals surface area contributed by atoms with Crippen LogP contribution in [0.5, 0.6) is 5.75 Å². The number of esters is 1. The standard InChI is InChI=1S/C27H36N2O9/c1-7-11-35-12-10-24(34)29(6)14-23(33)28-21-13-20(15-30)8-9-22(21)37-27-26(36-19(5)32)17(3)16(2)25(38-27)18(4)31/h1,8-9,13,16-17,25-27,30H,10-12,14-15H2,2-6H3,(H,28,33)/t16-,17-,25?,26?,27+/m0/s1. The first-order valence-corrected chi connectivity index (χ1v) is 12.3. The summed E-state index contributed by atoms with van der Waals surface area (Å²) in [7, 11) is 1.48. The third kappa shape index (κ3) is 8.55. The van der Waals surface area contributed by atoms with E-state index in [9.17, 15) is 24.3 Å². The molecule has 38 heavy (non-hydrogen) atoms. The third-order valence-electron chi connectivity index (χ3n) is 6.27. The van der Waals surface area contributed by atoms with Crippen LogP contribution >= 0.6 is 0 Å². The highest BCUT2D eigenvalue weighted by Crippen LogP contribution is 2.36. The molecule has 1 saturated heterocycles. The number of benzene rings is 1. The van der Waals surface area contributed by atoms with Crippen LogP contribution in [-0.2, 0) is 40.0 Å². The van der Waals surface area contributed by atoms with Gasteiger partial charge in [-0.3, -0.25) is 19.2 Å². The first-order valence-electron chi connectivity index (χ1n) is 12.3. The minimum Gasteiger partial charge on any atom is -0.459 e. The van der Waals surface area contributed by atoms with Crippen LogP contribution in [0.2, 0.25) is 0 Å². The van der Waals surface area contributed by atoms with Crippen molar-refractivity contribution < 1.29 is 43.2 Å². The summed E-state index contributed by atoms with van der Waals surface area (Å²) in [6, 6.07) is 4.63. The molecule has 2 N–H and O–H groups in total. The molecule has 2 rings (SSSR count). The first kappa shape index (κ1) is 30.8. The second-order valence-corrected chi connectivity index (χ2v) is 9.24. The molecule has 0 radical (unpaired) electrons. The van der Waals surface area contributed by atoms with E-state index in [1.54, 1.807) is 6.07 Å². The fourth-order valence-corrected chi connectivity index (χ4v) is 4.06. The Morgan fingerprint density at radius 1 is 1.18 bits per heavy atom. The van der Waals surface area contributed by atoms with Crippen molar-refractivity contribution in [1.82, 2.24) is 4.90 Å². The fraction of sp³-hybridized carbons (Fsp3) is 0.556. The third-order valence-corrected chi connectivity index (χ3v) is 6.27. The van der Waals surface area contributed by atoms with E-state index in [0.717, 1.165) is 0 Å². The minimum atomic E-state index is -1.14. The molecule has 11 nitrogen and oxygen atoms in total. The SMILES string of the molecule is C#CCOCCC(=O)N(C)CC(=O)Nc1cc(CO)ccc1O[C@@H]1OC(C(C)=O)[C@@H](C)[C@H](C)C1OC(C)=O. The number of nitrogens with zero attached hydrogens (tertiary/aromatic N) is 1. The van der Waals surface area contributed by atoms with Gasteiger partial charge in [-0.25, -0.2) is 0 Å². The molecule has 1 fully saturated rings. The zero-order chi connectivity index (χ0) is 28.4. The molecule has 1 heterocycles. The Labute approximate surface area is 222 Å². The molecule has 11 heteroatoms. The van der Waals surface area contributed by atoms with Crippen LogP contribution in [0.25, 0.3) is 0 Å². The number of aliphatic hydroxyl groups is 1. The zero-order valence-corrected chi connectivity index (χ0v) is 22.4. The molecule has 0 aromatic heterocycles. The van der Waals surface area contributed by atoms with Gasteiger partial charge in [0.25, 0.3) is 0 Å². The van der Waals surface area contributed by atoms with Gasteiger partial charge in [0.1, 0.15) is 18.5 Å². The van der Waals surface area contributed by atoms with Crippen molar-refractivity contribution in [2.75, 3.05) is 32.1 Å². The van der Waals surface area contributed by atoms with Gasteiger partial charge >= 0.3 is 5.97 Å². The molecular formula is C27H36N2O9. The number of terminal acetylenes is 1. The number of anilines is 1. The number of hydrogen-bond acceptors (Lipinski definition) is 9. The molecular weight excluding hydrogens is 496 g/mol. The zero-order valence-electron chi connectivity index (χ0n) is 22.4. The van der Waals surface area contributed by atoms with E-state index in [1.165, 1.54) is 37.9 Å². The highest BCUT2D eigenvalue weighted by molar-refractivity contribution is 5.95. The van der Waals surface area contributed by atoms with Gasteiger partial charge < -0.3 is 34.3 Å². The van der Waals surface area contributed by atoms with Gasteiger partial charge in [0.05, 0.1) is 31.9 Å². The second kappa shape index (κ2) is 14.5. The Morgan fingerprint density at radius 3 is 2.50 bits per heavy atom. The van der Waals surface area contributed by atoms with Crippen molar-refractivity contribution >= 4 is 29.3 Å². The molecule has 208 valence electrons. The maximum Gasteiger partial charge on any atom is 0.303 e. The molecule has 1 aromatic rings. The number of Topliss-reactive ketones (excluding diaryl/α,β-unsaturated/α-hetero) is 1. The monoisotopic (exact) mass is 532 g/mol. The number of carbonyl (C=O) groups is 4. The highest BCUT2D eigenvalue weighted by Gasteiger charge is 2.46. The predicted molar refractivity (Wildman–Crippen MR) is 137 cm³/mol. The van der Waals surface area contributed by atoms with Gasteiger partial charge in [-0.15, -0.1) is 6.42 Å². The van der Waals surface area contributed by atoms with Gasteiger partial charge in [-0.05, 0) is 30.5 Å². The lowest BCUT2D eigenvalue weighted by Gasteiger charge is -2.42. The number of amides is 2. The molecule has 1 aliphatic rings. The van der Waals surface area contributed by atoms with Crippen molar-refractivity contribution in [3.63, 3.8) is 0 Å². The van der Waals surface area contributed by atoms with Gasteiger partial charge in [0.2, 0.25) is 18.1 Å². The second-order valence-electron chi connectivity index (χ2n) is 9.24. The summed E-state index contributed by atoms with van der Waals surface area (Å²) in [5, 5.41) is 12.3. The number of ether oxygens (including phenoxy) is 4. The number of ketones is 1. The fourth-order valence-electron chi connectivity index (χ4n) is 4.06. The number of aliphatic hydroxyl groups excluding tert-OH is 1. The predicted octanol–water partition coefficient (Wildman–Crippen LogP) is 1.51. The van der Waals surface area contributed by atoms with E-state index in [0.29, 0.717) is 5.56 Å². The molecule has 2 amide bonds. The van der Waals surface area contributed by atoms with Crippen LogP contribution in [0.15, 0.2) is 18.2 Å². The van der Waals surface area contributed by atoms with Crippen LogP contribution in [0.1, 0.15) is 39.7 Å². The highest BCUT2D eigenvalue weighted by atomic mass is 16.7. The van der Waals surface area contributed by atoms with Crippen molar-refractivity contribution in [2.45, 2.75) is 59.2 Å². The maximum atomic E-state index is 12.8. The van der Waals surface area contributed by atoms with E-state index in [1.807, 2.05) is 13.8 Å². The molecule has 5 atom stereocenters. The maximum absolute atomic E-state index is 12.8. The minimum absolute atomic E-state index is 0.0598. The molecule has 2 unspecified atom stereocenters. The number of carbonyl (C=O) groups excluding carboxylic acids is 4. The van der Waals surface area contributed by atoms with Crippen LogP contribution in [0, 0.1) is 24.2 Å². The Kier molecular flexibility index (Phi) is 11.7. The lowest BCUT2D eigenvalue weighted by atomic mass is 9.82. The van der Waals surface area contributed by atoms with E-state index in [4.69, 9.17) is 25.4 Å². The summed E-state index contributed by atoms with van der Waals surface area (Å²) in [5.74, 6) is 0.407. The van der Waals surface area contributed by atoms with Gasteiger partial charge in [0.15, 0.2) is 11.9 Å². The quantitative estimate of drug-likeness (QED) is 0.233.